The summed E-state index contributed by atoms with van der Waals surface area (Å²) in [5.41, 5.74) is 1.04. The predicted octanol–water partition coefficient (Wildman–Crippen LogP) is 0.840. The first kappa shape index (κ1) is 7.50. The molecule has 0 aliphatic heterocycles. The molecular formula is C6H13NO. The molecule has 0 unspecified atom stereocenters. The second kappa shape index (κ2) is 4.65. The van der Waals surface area contributed by atoms with Crippen LogP contribution < -0.4 is 5.32 Å². The summed E-state index contributed by atoms with van der Waals surface area (Å²) >= 11 is 0. The van der Waals surface area contributed by atoms with Crippen LogP contribution in [0, 0.1) is 0 Å². The summed E-state index contributed by atoms with van der Waals surface area (Å²) in [6.07, 6.45) is 3.04. The van der Waals surface area contributed by atoms with Gasteiger partial charge in [0.05, 0.1) is 0 Å². The molecule has 2 N–H and O–H groups in total. The van der Waals surface area contributed by atoms with Gasteiger partial charge in [-0.15, -0.1) is 0 Å². The van der Waals surface area contributed by atoms with Gasteiger partial charge in [-0.05, 0) is 13.3 Å². The van der Waals surface area contributed by atoms with E-state index in [-0.39, 0.29) is 6.73 Å². The Kier molecular flexibility index (Phi) is 4.36. The van der Waals surface area contributed by atoms with Gasteiger partial charge in [0.1, 0.15) is 6.73 Å². The molecule has 0 atom stereocenters. The van der Waals surface area contributed by atoms with Crippen molar-refractivity contribution in [2.75, 3.05) is 6.73 Å². The maximum atomic E-state index is 8.31. The smallest absolute Gasteiger partial charge is 0.113 e. The molecule has 0 rings (SSSR count). The molecule has 48 valence electrons. The van der Waals surface area contributed by atoms with Gasteiger partial charge < -0.3 is 10.4 Å². The van der Waals surface area contributed by atoms with Crippen LogP contribution in [0.2, 0.25) is 0 Å². The van der Waals surface area contributed by atoms with Crippen LogP contribution in [0.1, 0.15) is 20.3 Å². The Bertz CT molecular complexity index is 78.6. The van der Waals surface area contributed by atoms with Crippen molar-refractivity contribution < 1.29 is 5.11 Å². The number of aliphatic hydroxyl groups excluding tert-OH is 1. The molecule has 0 spiro atoms. The minimum Gasteiger partial charge on any atom is -0.377 e. The Hall–Kier alpha value is -0.500. The van der Waals surface area contributed by atoms with Gasteiger partial charge >= 0.3 is 0 Å². The number of nitrogens with one attached hydrogen (secondary N) is 1. The molecule has 2 nitrogen and oxygen atoms in total. The Labute approximate surface area is 50.2 Å². The van der Waals surface area contributed by atoms with Gasteiger partial charge in [0, 0.05) is 5.70 Å². The van der Waals surface area contributed by atoms with E-state index in [0.717, 1.165) is 12.1 Å². The molecule has 0 heterocycles. The summed E-state index contributed by atoms with van der Waals surface area (Å²) in [7, 11) is 0. The zero-order valence-electron chi connectivity index (χ0n) is 5.44. The number of aliphatic hydroxyl groups is 1. The average molecular weight is 115 g/mol. The van der Waals surface area contributed by atoms with E-state index >= 15 is 0 Å². The standard InChI is InChI=1S/C6H13NO/c1-3-4-6(2)7-5-8/h4,7-8H,3,5H2,1-2H3/b6-4+. The molecule has 0 saturated heterocycles. The van der Waals surface area contributed by atoms with Crippen LogP contribution in [0.3, 0.4) is 0 Å². The van der Waals surface area contributed by atoms with Crippen LogP contribution in [-0.2, 0) is 0 Å². The van der Waals surface area contributed by atoms with Gasteiger partial charge in [-0.3, -0.25) is 0 Å². The quantitative estimate of drug-likeness (QED) is 0.534. The fourth-order valence-corrected chi connectivity index (χ4v) is 0.503. The second-order valence-electron chi connectivity index (χ2n) is 1.63. The molecule has 0 saturated carbocycles. The highest BCUT2D eigenvalue weighted by molar-refractivity contribution is 4.93. The summed E-state index contributed by atoms with van der Waals surface area (Å²) in [5.74, 6) is 0. The topological polar surface area (TPSA) is 32.3 Å². The molecule has 0 aliphatic carbocycles. The number of hydrogen-bond acceptors (Lipinski definition) is 2. The summed E-state index contributed by atoms with van der Waals surface area (Å²) in [4.78, 5) is 0. The van der Waals surface area contributed by atoms with Gasteiger partial charge in [0.15, 0.2) is 0 Å². The molecule has 0 fully saturated rings. The molecule has 0 aromatic carbocycles. The third kappa shape index (κ3) is 3.68. The third-order valence-electron chi connectivity index (χ3n) is 0.868. The summed E-state index contributed by atoms with van der Waals surface area (Å²) < 4.78 is 0. The van der Waals surface area contributed by atoms with Gasteiger partial charge in [-0.25, -0.2) is 0 Å². The third-order valence-corrected chi connectivity index (χ3v) is 0.868. The van der Waals surface area contributed by atoms with Crippen LogP contribution in [0.5, 0.6) is 0 Å². The molecule has 8 heavy (non-hydrogen) atoms. The van der Waals surface area contributed by atoms with Crippen LogP contribution >= 0.6 is 0 Å². The van der Waals surface area contributed by atoms with Crippen LogP contribution in [0.4, 0.5) is 0 Å². The lowest BCUT2D eigenvalue weighted by Gasteiger charge is -1.98. The maximum Gasteiger partial charge on any atom is 0.113 e. The fourth-order valence-electron chi connectivity index (χ4n) is 0.503. The van der Waals surface area contributed by atoms with E-state index in [2.05, 4.69) is 12.2 Å². The Morgan fingerprint density at radius 3 is 2.75 bits per heavy atom. The second-order valence-corrected chi connectivity index (χ2v) is 1.63. The molecule has 0 amide bonds. The first-order chi connectivity index (χ1) is 3.81. The van der Waals surface area contributed by atoms with Crippen molar-refractivity contribution in [3.8, 4) is 0 Å². The van der Waals surface area contributed by atoms with Crippen LogP contribution in [0.15, 0.2) is 11.8 Å². The van der Waals surface area contributed by atoms with Crippen molar-refractivity contribution >= 4 is 0 Å². The average Bonchev–Trinajstić information content (AvgIpc) is 1.68. The highest BCUT2D eigenvalue weighted by atomic mass is 16.3. The molecule has 0 aromatic rings. The van der Waals surface area contributed by atoms with E-state index in [1.807, 2.05) is 13.0 Å². The van der Waals surface area contributed by atoms with Gasteiger partial charge in [-0.1, -0.05) is 13.0 Å². The first-order valence-corrected chi connectivity index (χ1v) is 2.82. The summed E-state index contributed by atoms with van der Waals surface area (Å²) in [6.45, 7) is 4.02. The predicted molar refractivity (Wildman–Crippen MR) is 34.3 cm³/mol. The van der Waals surface area contributed by atoms with Gasteiger partial charge in [0.2, 0.25) is 0 Å². The van der Waals surface area contributed by atoms with Crippen LogP contribution in [0.25, 0.3) is 0 Å². The molecule has 0 bridgehead atoms. The molecule has 2 heteroatoms. The van der Waals surface area contributed by atoms with Gasteiger partial charge in [0.25, 0.3) is 0 Å². The van der Waals surface area contributed by atoms with E-state index in [0.29, 0.717) is 0 Å². The first-order valence-electron chi connectivity index (χ1n) is 2.82. The Balaban J connectivity index is 3.29. The van der Waals surface area contributed by atoms with Gasteiger partial charge in [-0.2, -0.15) is 0 Å². The highest BCUT2D eigenvalue weighted by Gasteiger charge is 1.79. The minimum atomic E-state index is 0.0301. The maximum absolute atomic E-state index is 8.31. The van der Waals surface area contributed by atoms with Crippen molar-refractivity contribution in [1.82, 2.24) is 5.32 Å². The Morgan fingerprint density at radius 1 is 1.75 bits per heavy atom. The van der Waals surface area contributed by atoms with Crippen molar-refractivity contribution in [2.45, 2.75) is 20.3 Å². The minimum absolute atomic E-state index is 0.0301. The SMILES string of the molecule is CC/C=C(\C)NCO. The zero-order chi connectivity index (χ0) is 6.41. The highest BCUT2D eigenvalue weighted by Crippen LogP contribution is 1.86. The van der Waals surface area contributed by atoms with Crippen molar-refractivity contribution in [3.05, 3.63) is 11.8 Å². The Morgan fingerprint density at radius 2 is 2.38 bits per heavy atom. The van der Waals surface area contributed by atoms with E-state index in [1.54, 1.807) is 0 Å². The van der Waals surface area contributed by atoms with Crippen molar-refractivity contribution in [2.24, 2.45) is 0 Å². The van der Waals surface area contributed by atoms with E-state index < -0.39 is 0 Å². The summed E-state index contributed by atoms with van der Waals surface area (Å²) in [6, 6.07) is 0. The summed E-state index contributed by atoms with van der Waals surface area (Å²) in [5, 5.41) is 11.1. The zero-order valence-corrected chi connectivity index (χ0v) is 5.44. The van der Waals surface area contributed by atoms with E-state index in [1.165, 1.54) is 0 Å². The van der Waals surface area contributed by atoms with Crippen LogP contribution in [-0.4, -0.2) is 11.8 Å². The van der Waals surface area contributed by atoms with Crippen molar-refractivity contribution in [3.63, 3.8) is 0 Å². The lowest BCUT2D eigenvalue weighted by Crippen LogP contribution is -2.10. The molecule has 0 aliphatic rings. The van der Waals surface area contributed by atoms with E-state index in [4.69, 9.17) is 5.11 Å². The number of allylic oxidation sites excluding steroid dienone is 2. The largest absolute Gasteiger partial charge is 0.377 e. The molecular weight excluding hydrogens is 102 g/mol. The fraction of sp³-hybridized carbons (Fsp3) is 0.667. The lowest BCUT2D eigenvalue weighted by molar-refractivity contribution is 0.275. The molecule has 0 aromatic heterocycles. The lowest BCUT2D eigenvalue weighted by atomic mass is 10.4. The monoisotopic (exact) mass is 115 g/mol. The van der Waals surface area contributed by atoms with Crippen molar-refractivity contribution in [1.29, 1.82) is 0 Å². The number of rotatable bonds is 3. The van der Waals surface area contributed by atoms with E-state index in [9.17, 15) is 0 Å². The number of hydrogen-bond donors (Lipinski definition) is 2. The normalized spacial score (nSPS) is 11.6. The molecule has 0 radical (unpaired) electrons.